The molecule has 0 spiro atoms. The Morgan fingerprint density at radius 2 is 2.21 bits per heavy atom. The molecule has 1 saturated heterocycles. The highest BCUT2D eigenvalue weighted by Crippen LogP contribution is 2.34. The molecule has 132 valence electrons. The number of nitrogens with zero attached hydrogens (tertiary/aromatic N) is 1. The van der Waals surface area contributed by atoms with Crippen molar-refractivity contribution in [1.29, 1.82) is 0 Å². The summed E-state index contributed by atoms with van der Waals surface area (Å²) in [5.74, 6) is -0.202. The number of hydrogen-bond acceptors (Lipinski definition) is 4. The Bertz CT molecular complexity index is 568. The second kappa shape index (κ2) is 7.94. The standard InChI is InChI=1S/C18H24FNO4/c1-22-16-8-4-5-13(16)15-11-23-10-9-20(15)18(21)12-24-17-7-3-2-6-14(17)19/h2-3,6-7,13,15-16H,4-5,8-12H2,1H3. The quantitative estimate of drug-likeness (QED) is 0.827. The number of halogens is 1. The molecule has 3 unspecified atom stereocenters. The number of hydrogen-bond donors (Lipinski definition) is 0. The van der Waals surface area contributed by atoms with E-state index in [1.807, 2.05) is 4.90 Å². The van der Waals surface area contributed by atoms with Gasteiger partial charge in [-0.05, 0) is 25.0 Å². The number of ether oxygens (including phenoxy) is 3. The number of rotatable bonds is 5. The second-order valence-electron chi connectivity index (χ2n) is 6.32. The fourth-order valence-corrected chi connectivity index (χ4v) is 3.76. The van der Waals surface area contributed by atoms with Crippen LogP contribution in [0, 0.1) is 11.7 Å². The summed E-state index contributed by atoms with van der Waals surface area (Å²) in [5.41, 5.74) is 0. The van der Waals surface area contributed by atoms with Crippen LogP contribution in [0.4, 0.5) is 4.39 Å². The van der Waals surface area contributed by atoms with Gasteiger partial charge in [0.25, 0.3) is 5.91 Å². The Morgan fingerprint density at radius 3 is 3.00 bits per heavy atom. The van der Waals surface area contributed by atoms with Gasteiger partial charge in [-0.25, -0.2) is 4.39 Å². The van der Waals surface area contributed by atoms with Crippen molar-refractivity contribution < 1.29 is 23.4 Å². The van der Waals surface area contributed by atoms with Gasteiger partial charge < -0.3 is 19.1 Å². The maximum Gasteiger partial charge on any atom is 0.260 e. The Balaban J connectivity index is 1.64. The number of morpholine rings is 1. The van der Waals surface area contributed by atoms with E-state index in [0.717, 1.165) is 19.3 Å². The first-order chi connectivity index (χ1) is 11.7. The molecule has 2 aliphatic rings. The first kappa shape index (κ1) is 17.2. The lowest BCUT2D eigenvalue weighted by Gasteiger charge is -2.40. The second-order valence-corrected chi connectivity index (χ2v) is 6.32. The summed E-state index contributed by atoms with van der Waals surface area (Å²) < 4.78 is 30.2. The first-order valence-corrected chi connectivity index (χ1v) is 8.48. The number of amides is 1. The fraction of sp³-hybridized carbons (Fsp3) is 0.611. The first-order valence-electron chi connectivity index (χ1n) is 8.48. The van der Waals surface area contributed by atoms with Crippen LogP contribution in [0.5, 0.6) is 5.75 Å². The van der Waals surface area contributed by atoms with E-state index >= 15 is 0 Å². The summed E-state index contributed by atoms with van der Waals surface area (Å²) in [5, 5.41) is 0. The average molecular weight is 337 g/mol. The smallest absolute Gasteiger partial charge is 0.260 e. The van der Waals surface area contributed by atoms with Gasteiger partial charge in [0.15, 0.2) is 18.2 Å². The van der Waals surface area contributed by atoms with Gasteiger partial charge in [-0.1, -0.05) is 18.6 Å². The molecule has 1 aliphatic heterocycles. The highest BCUT2D eigenvalue weighted by Gasteiger charge is 2.40. The van der Waals surface area contributed by atoms with Crippen LogP contribution in [0.15, 0.2) is 24.3 Å². The van der Waals surface area contributed by atoms with Crippen molar-refractivity contribution in [3.8, 4) is 5.75 Å². The summed E-state index contributed by atoms with van der Waals surface area (Å²) in [7, 11) is 1.72. The van der Waals surface area contributed by atoms with E-state index in [1.165, 1.54) is 12.1 Å². The van der Waals surface area contributed by atoms with Crippen molar-refractivity contribution in [1.82, 2.24) is 4.90 Å². The average Bonchev–Trinajstić information content (AvgIpc) is 3.09. The molecule has 3 atom stereocenters. The van der Waals surface area contributed by atoms with Crippen LogP contribution in [-0.4, -0.2) is 56.4 Å². The third kappa shape index (κ3) is 3.70. The summed E-state index contributed by atoms with van der Waals surface area (Å²) in [6.45, 7) is 1.42. The number of methoxy groups -OCH3 is 1. The Morgan fingerprint density at radius 1 is 1.38 bits per heavy atom. The molecule has 1 aromatic carbocycles. The van der Waals surface area contributed by atoms with Crippen molar-refractivity contribution in [2.75, 3.05) is 33.5 Å². The zero-order valence-corrected chi connectivity index (χ0v) is 13.9. The molecule has 0 aromatic heterocycles. The van der Waals surface area contributed by atoms with E-state index in [0.29, 0.717) is 19.8 Å². The van der Waals surface area contributed by atoms with Gasteiger partial charge in [-0.3, -0.25) is 4.79 Å². The van der Waals surface area contributed by atoms with E-state index in [1.54, 1.807) is 19.2 Å². The molecule has 6 heteroatoms. The van der Waals surface area contributed by atoms with Crippen LogP contribution in [0.2, 0.25) is 0 Å². The molecule has 1 aliphatic carbocycles. The molecule has 1 aromatic rings. The molecule has 0 N–H and O–H groups in total. The number of para-hydroxylation sites is 1. The minimum Gasteiger partial charge on any atom is -0.481 e. The van der Waals surface area contributed by atoms with Crippen molar-refractivity contribution in [2.45, 2.75) is 31.4 Å². The van der Waals surface area contributed by atoms with E-state index < -0.39 is 5.82 Å². The van der Waals surface area contributed by atoms with Crippen molar-refractivity contribution >= 4 is 5.91 Å². The fourth-order valence-electron chi connectivity index (χ4n) is 3.76. The zero-order chi connectivity index (χ0) is 16.9. The van der Waals surface area contributed by atoms with Crippen molar-refractivity contribution in [2.24, 2.45) is 5.92 Å². The molecular formula is C18H24FNO4. The monoisotopic (exact) mass is 337 g/mol. The molecular weight excluding hydrogens is 313 g/mol. The van der Waals surface area contributed by atoms with Gasteiger partial charge in [0.1, 0.15) is 0 Å². The number of carbonyl (C=O) groups is 1. The lowest BCUT2D eigenvalue weighted by Crippen LogP contribution is -2.54. The molecule has 1 heterocycles. The topological polar surface area (TPSA) is 48.0 Å². The minimum atomic E-state index is -0.459. The highest BCUT2D eigenvalue weighted by molar-refractivity contribution is 5.78. The number of carbonyl (C=O) groups excluding carboxylic acids is 1. The summed E-state index contributed by atoms with van der Waals surface area (Å²) in [4.78, 5) is 14.5. The molecule has 1 saturated carbocycles. The SMILES string of the molecule is COC1CCCC1C1COCCN1C(=O)COc1ccccc1F. The van der Waals surface area contributed by atoms with Gasteiger partial charge in [-0.2, -0.15) is 0 Å². The lowest BCUT2D eigenvalue weighted by atomic mass is 9.94. The minimum absolute atomic E-state index is 0.00270. The lowest BCUT2D eigenvalue weighted by molar-refractivity contribution is -0.146. The van der Waals surface area contributed by atoms with Crippen LogP contribution in [0.25, 0.3) is 0 Å². The Kier molecular flexibility index (Phi) is 5.68. The van der Waals surface area contributed by atoms with Crippen molar-refractivity contribution in [3.05, 3.63) is 30.1 Å². The van der Waals surface area contributed by atoms with Crippen LogP contribution < -0.4 is 4.74 Å². The van der Waals surface area contributed by atoms with E-state index in [9.17, 15) is 9.18 Å². The zero-order valence-electron chi connectivity index (χ0n) is 13.9. The van der Waals surface area contributed by atoms with Gasteiger partial charge in [-0.15, -0.1) is 0 Å². The van der Waals surface area contributed by atoms with Crippen LogP contribution in [-0.2, 0) is 14.3 Å². The molecule has 0 radical (unpaired) electrons. The normalized spacial score (nSPS) is 27.2. The van der Waals surface area contributed by atoms with Crippen LogP contribution in [0.3, 0.4) is 0 Å². The molecule has 3 rings (SSSR count). The van der Waals surface area contributed by atoms with Crippen molar-refractivity contribution in [3.63, 3.8) is 0 Å². The molecule has 5 nitrogen and oxygen atoms in total. The maximum absolute atomic E-state index is 13.6. The predicted molar refractivity (Wildman–Crippen MR) is 86.4 cm³/mol. The van der Waals surface area contributed by atoms with Gasteiger partial charge >= 0.3 is 0 Å². The Labute approximate surface area is 141 Å². The highest BCUT2D eigenvalue weighted by atomic mass is 19.1. The third-order valence-electron chi connectivity index (χ3n) is 4.97. The van der Waals surface area contributed by atoms with Crippen LogP contribution >= 0.6 is 0 Å². The van der Waals surface area contributed by atoms with E-state index in [2.05, 4.69) is 0 Å². The van der Waals surface area contributed by atoms with Crippen LogP contribution in [0.1, 0.15) is 19.3 Å². The van der Waals surface area contributed by atoms with Gasteiger partial charge in [0.2, 0.25) is 0 Å². The molecule has 0 bridgehead atoms. The number of benzene rings is 1. The van der Waals surface area contributed by atoms with Gasteiger partial charge in [0, 0.05) is 19.6 Å². The molecule has 2 fully saturated rings. The predicted octanol–water partition coefficient (Wildman–Crippen LogP) is 2.25. The summed E-state index contributed by atoms with van der Waals surface area (Å²) in [6, 6.07) is 6.12. The largest absolute Gasteiger partial charge is 0.481 e. The van der Waals surface area contributed by atoms with E-state index in [-0.39, 0.29) is 36.3 Å². The Hall–Kier alpha value is -1.66. The summed E-state index contributed by atoms with van der Waals surface area (Å²) in [6.07, 6.45) is 3.32. The maximum atomic E-state index is 13.6. The van der Waals surface area contributed by atoms with Gasteiger partial charge in [0.05, 0.1) is 25.4 Å². The third-order valence-corrected chi connectivity index (χ3v) is 4.97. The summed E-state index contributed by atoms with van der Waals surface area (Å²) >= 11 is 0. The molecule has 24 heavy (non-hydrogen) atoms. The molecule has 1 amide bonds. The van der Waals surface area contributed by atoms with E-state index in [4.69, 9.17) is 14.2 Å².